The molecule has 40 heavy (non-hydrogen) atoms. The van der Waals surface area contributed by atoms with Crippen LogP contribution in [0.2, 0.25) is 10.0 Å². The molecule has 1 heterocycles. The van der Waals surface area contributed by atoms with E-state index in [2.05, 4.69) is 17.1 Å². The van der Waals surface area contributed by atoms with E-state index in [1.807, 2.05) is 44.3 Å². The number of ether oxygens (including phenoxy) is 1. The summed E-state index contributed by atoms with van der Waals surface area (Å²) >= 11 is 12.3. The monoisotopic (exact) mass is 589 g/mol. The van der Waals surface area contributed by atoms with Crippen LogP contribution in [-0.2, 0) is 22.6 Å². The molecule has 0 aromatic heterocycles. The predicted molar refractivity (Wildman–Crippen MR) is 160 cm³/mol. The minimum atomic E-state index is -0.319. The van der Waals surface area contributed by atoms with Gasteiger partial charge in [-0.25, -0.2) is 0 Å². The first-order chi connectivity index (χ1) is 19.1. The van der Waals surface area contributed by atoms with E-state index >= 15 is 0 Å². The highest BCUT2D eigenvalue weighted by Gasteiger charge is 2.31. The number of nitrogens with zero attached hydrogens (tertiary/aromatic N) is 2. The first kappa shape index (κ1) is 30.6. The lowest BCUT2D eigenvalue weighted by Crippen LogP contribution is -2.47. The molecule has 3 atom stereocenters. The smallest absolute Gasteiger partial charge is 0.227 e. The maximum atomic E-state index is 13.5. The van der Waals surface area contributed by atoms with Crippen LogP contribution in [0.4, 0.5) is 5.69 Å². The Bertz CT molecular complexity index is 1190. The SMILES string of the molecule is C[C@H](CO)N1C[C@H](C)[C@@H](CN(C)Cc2ccc(Cl)c(Cl)c2)Oc2ccc(NC(=O)C3CCCCC3)cc2CC1=O. The number of carbonyl (C=O) groups is 2. The highest BCUT2D eigenvalue weighted by atomic mass is 35.5. The normalized spacial score (nSPS) is 21.2. The Kier molecular flexibility index (Phi) is 10.7. The van der Waals surface area contributed by atoms with Crippen molar-refractivity contribution in [1.82, 2.24) is 9.80 Å². The number of likely N-dealkylation sites (N-methyl/N-ethyl adjacent to an activating group) is 1. The fourth-order valence-corrected chi connectivity index (χ4v) is 5.98. The van der Waals surface area contributed by atoms with Crippen LogP contribution >= 0.6 is 23.2 Å². The topological polar surface area (TPSA) is 82.1 Å². The molecule has 0 radical (unpaired) electrons. The summed E-state index contributed by atoms with van der Waals surface area (Å²) in [6.07, 6.45) is 5.10. The predicted octanol–water partition coefficient (Wildman–Crippen LogP) is 5.79. The summed E-state index contributed by atoms with van der Waals surface area (Å²) in [5.74, 6) is 0.641. The van der Waals surface area contributed by atoms with Gasteiger partial charge in [-0.1, -0.05) is 55.5 Å². The lowest BCUT2D eigenvalue weighted by Gasteiger charge is -2.34. The van der Waals surface area contributed by atoms with Gasteiger partial charge < -0.3 is 20.1 Å². The number of aliphatic hydroxyl groups is 1. The van der Waals surface area contributed by atoms with E-state index in [1.54, 1.807) is 11.0 Å². The van der Waals surface area contributed by atoms with Crippen LogP contribution in [-0.4, -0.2) is 65.6 Å². The molecule has 0 saturated heterocycles. The van der Waals surface area contributed by atoms with Crippen molar-refractivity contribution in [3.63, 3.8) is 0 Å². The van der Waals surface area contributed by atoms with Gasteiger partial charge in [-0.3, -0.25) is 14.5 Å². The van der Waals surface area contributed by atoms with Crippen LogP contribution < -0.4 is 10.1 Å². The first-order valence-corrected chi connectivity index (χ1v) is 15.0. The Morgan fingerprint density at radius 2 is 1.90 bits per heavy atom. The molecular weight excluding hydrogens is 549 g/mol. The maximum absolute atomic E-state index is 13.5. The molecule has 2 aliphatic rings. The standard InChI is InChI=1S/C31H41Cl2N3O4/c1-20-16-36(21(2)19-37)30(38)15-24-14-25(34-31(39)23-7-5-4-6-8-23)10-12-28(24)40-29(20)18-35(3)17-22-9-11-26(32)27(33)13-22/h9-14,20-21,23,29,37H,4-8,15-19H2,1-3H3,(H,34,39)/t20-,21+,29+/m0/s1. The Balaban J connectivity index is 1.56. The summed E-state index contributed by atoms with van der Waals surface area (Å²) in [6, 6.07) is 10.9. The Labute approximate surface area is 247 Å². The molecule has 1 aliphatic carbocycles. The molecule has 1 aliphatic heterocycles. The van der Waals surface area contributed by atoms with Crippen LogP contribution in [0.1, 0.15) is 57.1 Å². The largest absolute Gasteiger partial charge is 0.488 e. The van der Waals surface area contributed by atoms with E-state index in [1.165, 1.54) is 6.42 Å². The number of nitrogens with one attached hydrogen (secondary N) is 1. The van der Waals surface area contributed by atoms with Gasteiger partial charge in [0.1, 0.15) is 11.9 Å². The van der Waals surface area contributed by atoms with E-state index in [0.29, 0.717) is 41.1 Å². The highest BCUT2D eigenvalue weighted by molar-refractivity contribution is 6.42. The van der Waals surface area contributed by atoms with Gasteiger partial charge in [-0.05, 0) is 62.7 Å². The van der Waals surface area contributed by atoms with Crippen molar-refractivity contribution in [3.8, 4) is 5.75 Å². The summed E-state index contributed by atoms with van der Waals surface area (Å²) < 4.78 is 6.62. The second kappa shape index (κ2) is 14.0. The van der Waals surface area contributed by atoms with Gasteiger partial charge in [0.2, 0.25) is 11.8 Å². The molecule has 1 fully saturated rings. The molecule has 0 bridgehead atoms. The molecule has 2 aromatic rings. The molecule has 0 unspecified atom stereocenters. The first-order valence-electron chi connectivity index (χ1n) is 14.3. The van der Waals surface area contributed by atoms with E-state index in [-0.39, 0.29) is 48.8 Å². The molecular formula is C31H41Cl2N3O4. The van der Waals surface area contributed by atoms with Crippen LogP contribution in [0, 0.1) is 11.8 Å². The number of halogens is 2. The molecule has 2 amide bonds. The van der Waals surface area contributed by atoms with Crippen molar-refractivity contribution < 1.29 is 19.4 Å². The number of benzene rings is 2. The Morgan fingerprint density at radius 1 is 1.15 bits per heavy atom. The van der Waals surface area contributed by atoms with Crippen LogP contribution in [0.3, 0.4) is 0 Å². The zero-order chi connectivity index (χ0) is 28.8. The molecule has 2 aromatic carbocycles. The lowest BCUT2D eigenvalue weighted by atomic mass is 9.88. The maximum Gasteiger partial charge on any atom is 0.227 e. The average Bonchev–Trinajstić information content (AvgIpc) is 2.98. The quantitative estimate of drug-likeness (QED) is 0.407. The fraction of sp³-hybridized carbons (Fsp3) is 0.548. The lowest BCUT2D eigenvalue weighted by molar-refractivity contribution is -0.134. The summed E-state index contributed by atoms with van der Waals surface area (Å²) in [7, 11) is 2.02. The Hall–Kier alpha value is -2.32. The third-order valence-electron chi connectivity index (χ3n) is 8.09. The van der Waals surface area contributed by atoms with E-state index < -0.39 is 0 Å². The molecule has 4 rings (SSSR count). The second-order valence-corrected chi connectivity index (χ2v) is 12.3. The van der Waals surface area contributed by atoms with Crippen molar-refractivity contribution in [2.45, 2.75) is 71.1 Å². The molecule has 2 N–H and O–H groups in total. The molecule has 218 valence electrons. The summed E-state index contributed by atoms with van der Waals surface area (Å²) in [6.45, 7) is 5.54. The number of aliphatic hydroxyl groups excluding tert-OH is 1. The molecule has 7 nitrogen and oxygen atoms in total. The second-order valence-electron chi connectivity index (χ2n) is 11.5. The van der Waals surface area contributed by atoms with Gasteiger partial charge in [0, 0.05) is 42.7 Å². The summed E-state index contributed by atoms with van der Waals surface area (Å²) in [5.41, 5.74) is 2.44. The number of anilines is 1. The van der Waals surface area contributed by atoms with Crippen molar-refractivity contribution in [2.24, 2.45) is 11.8 Å². The van der Waals surface area contributed by atoms with Gasteiger partial charge in [0.15, 0.2) is 0 Å². The van der Waals surface area contributed by atoms with Gasteiger partial charge >= 0.3 is 0 Å². The molecule has 0 spiro atoms. The van der Waals surface area contributed by atoms with Gasteiger partial charge in [-0.15, -0.1) is 0 Å². The summed E-state index contributed by atoms with van der Waals surface area (Å²) in [4.78, 5) is 30.3. The zero-order valence-electron chi connectivity index (χ0n) is 23.7. The highest BCUT2D eigenvalue weighted by Crippen LogP contribution is 2.31. The average molecular weight is 591 g/mol. The zero-order valence-corrected chi connectivity index (χ0v) is 25.2. The molecule has 1 saturated carbocycles. The van der Waals surface area contributed by atoms with Crippen molar-refractivity contribution in [2.75, 3.05) is 32.1 Å². The number of hydrogen-bond donors (Lipinski definition) is 2. The third-order valence-corrected chi connectivity index (χ3v) is 8.83. The minimum Gasteiger partial charge on any atom is -0.488 e. The van der Waals surface area contributed by atoms with Gasteiger partial charge in [0.05, 0.1) is 29.1 Å². The van der Waals surface area contributed by atoms with Crippen molar-refractivity contribution in [1.29, 1.82) is 0 Å². The third kappa shape index (κ3) is 7.90. The minimum absolute atomic E-state index is 0.00848. The number of amides is 2. The van der Waals surface area contributed by atoms with Gasteiger partial charge in [0.25, 0.3) is 0 Å². The molecule has 9 heteroatoms. The van der Waals surface area contributed by atoms with Crippen LogP contribution in [0.15, 0.2) is 36.4 Å². The fourth-order valence-electron chi connectivity index (χ4n) is 5.66. The number of rotatable bonds is 8. The van der Waals surface area contributed by atoms with E-state index in [9.17, 15) is 14.7 Å². The summed E-state index contributed by atoms with van der Waals surface area (Å²) in [5, 5.41) is 14.0. The van der Waals surface area contributed by atoms with Gasteiger partial charge in [-0.2, -0.15) is 0 Å². The number of hydrogen-bond acceptors (Lipinski definition) is 5. The van der Waals surface area contributed by atoms with Crippen LogP contribution in [0.5, 0.6) is 5.75 Å². The van der Waals surface area contributed by atoms with E-state index in [4.69, 9.17) is 27.9 Å². The number of fused-ring (bicyclic) bond motifs is 1. The van der Waals surface area contributed by atoms with E-state index in [0.717, 1.165) is 36.8 Å². The van der Waals surface area contributed by atoms with Crippen molar-refractivity contribution >= 4 is 40.7 Å². The Morgan fingerprint density at radius 3 is 2.60 bits per heavy atom. The van der Waals surface area contributed by atoms with Crippen LogP contribution in [0.25, 0.3) is 0 Å². The number of carbonyl (C=O) groups excluding carboxylic acids is 2. The van der Waals surface area contributed by atoms with Crippen molar-refractivity contribution in [3.05, 3.63) is 57.6 Å².